The van der Waals surface area contributed by atoms with E-state index >= 15 is 0 Å². The summed E-state index contributed by atoms with van der Waals surface area (Å²) in [5, 5.41) is -0.967. The highest BCUT2D eigenvalue weighted by molar-refractivity contribution is 7.92. The molecule has 0 aromatic heterocycles. The van der Waals surface area contributed by atoms with Gasteiger partial charge in [0.1, 0.15) is 5.25 Å². The Labute approximate surface area is 139 Å². The van der Waals surface area contributed by atoms with Crippen molar-refractivity contribution < 1.29 is 13.2 Å². The number of hydrogen-bond donors (Lipinski definition) is 0. The molecule has 6 heteroatoms. The summed E-state index contributed by atoms with van der Waals surface area (Å²) in [7, 11) is -3.35. The van der Waals surface area contributed by atoms with Crippen molar-refractivity contribution >= 4 is 15.7 Å². The zero-order valence-electron chi connectivity index (χ0n) is 14.1. The largest absolute Gasteiger partial charge is 0.338 e. The predicted octanol–water partition coefficient (Wildman–Crippen LogP) is 1.54. The van der Waals surface area contributed by atoms with E-state index in [1.165, 1.54) is 12.5 Å². The average molecular weight is 338 g/mol. The van der Waals surface area contributed by atoms with E-state index in [0.29, 0.717) is 6.54 Å². The third-order valence-corrected chi connectivity index (χ3v) is 6.04. The highest BCUT2D eigenvalue weighted by Gasteiger charge is 2.34. The highest BCUT2D eigenvalue weighted by Crippen LogP contribution is 2.20. The number of benzene rings is 1. The molecule has 1 aliphatic rings. The fourth-order valence-corrected chi connectivity index (χ4v) is 3.56. The van der Waals surface area contributed by atoms with Crippen LogP contribution in [0, 0.1) is 0 Å². The summed E-state index contributed by atoms with van der Waals surface area (Å²) in [5.41, 5.74) is 1.26. The van der Waals surface area contributed by atoms with Gasteiger partial charge in [-0.3, -0.25) is 9.69 Å². The van der Waals surface area contributed by atoms with E-state index < -0.39 is 15.1 Å². The summed E-state index contributed by atoms with van der Waals surface area (Å²) in [6.07, 6.45) is 2.02. The van der Waals surface area contributed by atoms with Crippen LogP contribution >= 0.6 is 0 Å². The van der Waals surface area contributed by atoms with Gasteiger partial charge in [0, 0.05) is 38.5 Å². The molecule has 1 heterocycles. The van der Waals surface area contributed by atoms with Crippen molar-refractivity contribution in [1.29, 1.82) is 0 Å². The van der Waals surface area contributed by atoms with Crippen molar-refractivity contribution in [3.8, 4) is 0 Å². The molecule has 5 nitrogen and oxygen atoms in total. The Balaban J connectivity index is 1.99. The van der Waals surface area contributed by atoms with Gasteiger partial charge in [0.2, 0.25) is 5.91 Å². The average Bonchev–Trinajstić information content (AvgIpc) is 2.95. The molecule has 1 fully saturated rings. The van der Waals surface area contributed by atoms with Crippen molar-refractivity contribution in [2.75, 3.05) is 25.9 Å². The van der Waals surface area contributed by atoms with Gasteiger partial charge in [-0.25, -0.2) is 8.42 Å². The number of amides is 1. The van der Waals surface area contributed by atoms with Crippen LogP contribution < -0.4 is 0 Å². The first-order chi connectivity index (χ1) is 10.8. The molecule has 1 aromatic rings. The second-order valence-electron chi connectivity index (χ2n) is 6.26. The van der Waals surface area contributed by atoms with Gasteiger partial charge in [-0.15, -0.1) is 0 Å². The number of carbonyl (C=O) groups excluding carboxylic acids is 1. The molecule has 0 aliphatic carbocycles. The molecule has 2 rings (SSSR count). The van der Waals surface area contributed by atoms with Crippen LogP contribution in [0.1, 0.15) is 25.8 Å². The lowest BCUT2D eigenvalue weighted by molar-refractivity contribution is -0.132. The molecule has 0 spiro atoms. The summed E-state index contributed by atoms with van der Waals surface area (Å²) in [4.78, 5) is 16.6. The van der Waals surface area contributed by atoms with Crippen LogP contribution in [0.3, 0.4) is 0 Å². The summed E-state index contributed by atoms with van der Waals surface area (Å²) < 4.78 is 23.3. The molecule has 128 valence electrons. The zero-order valence-corrected chi connectivity index (χ0v) is 14.9. The summed E-state index contributed by atoms with van der Waals surface area (Å²) in [6.45, 7) is 6.53. The van der Waals surface area contributed by atoms with Crippen LogP contribution in [0.2, 0.25) is 0 Å². The van der Waals surface area contributed by atoms with E-state index in [0.717, 1.165) is 32.3 Å². The second-order valence-corrected chi connectivity index (χ2v) is 8.63. The third-order valence-electron chi connectivity index (χ3n) is 4.55. The third kappa shape index (κ3) is 4.54. The molecule has 2 atom stereocenters. The topological polar surface area (TPSA) is 57.7 Å². The smallest absolute Gasteiger partial charge is 0.240 e. The number of likely N-dealkylation sites (N-methyl/N-ethyl adjacent to an activating group) is 1. The minimum Gasteiger partial charge on any atom is -0.338 e. The molecule has 23 heavy (non-hydrogen) atoms. The lowest BCUT2D eigenvalue weighted by Crippen LogP contribution is -2.47. The Hall–Kier alpha value is -1.40. The molecule has 1 aliphatic heterocycles. The normalized spacial score (nSPS) is 20.4. The molecule has 1 aromatic carbocycles. The number of likely N-dealkylation sites (tertiary alicyclic amines) is 1. The highest BCUT2D eigenvalue weighted by atomic mass is 32.2. The van der Waals surface area contributed by atoms with Gasteiger partial charge in [-0.1, -0.05) is 30.3 Å². The number of sulfone groups is 1. The number of carbonyl (C=O) groups is 1. The first-order valence-electron chi connectivity index (χ1n) is 8.08. The molecular formula is C17H26N2O3S. The van der Waals surface area contributed by atoms with E-state index in [9.17, 15) is 13.2 Å². The molecule has 2 unspecified atom stereocenters. The van der Waals surface area contributed by atoms with Crippen LogP contribution in [0.15, 0.2) is 30.3 Å². The van der Waals surface area contributed by atoms with Gasteiger partial charge in [0.05, 0.1) is 0 Å². The molecule has 0 saturated carbocycles. The maximum absolute atomic E-state index is 12.5. The fourth-order valence-electron chi connectivity index (χ4n) is 3.06. The molecule has 1 saturated heterocycles. The fraction of sp³-hybridized carbons (Fsp3) is 0.588. The SMILES string of the molecule is CCN(C(=O)C(C)S(C)(=O)=O)C1CCN(Cc2ccccc2)C1. The van der Waals surface area contributed by atoms with Gasteiger partial charge in [-0.2, -0.15) is 0 Å². The minimum absolute atomic E-state index is 0.0976. The number of hydrogen-bond acceptors (Lipinski definition) is 4. The van der Waals surface area contributed by atoms with Crippen molar-refractivity contribution in [1.82, 2.24) is 9.80 Å². The van der Waals surface area contributed by atoms with E-state index in [1.54, 1.807) is 4.90 Å². The minimum atomic E-state index is -3.35. The van der Waals surface area contributed by atoms with Gasteiger partial charge in [-0.05, 0) is 25.8 Å². The number of rotatable bonds is 6. The summed E-state index contributed by atoms with van der Waals surface area (Å²) >= 11 is 0. The second kappa shape index (κ2) is 7.45. The van der Waals surface area contributed by atoms with Crippen LogP contribution in [-0.2, 0) is 21.2 Å². The van der Waals surface area contributed by atoms with Crippen molar-refractivity contribution in [2.45, 2.75) is 38.1 Å². The zero-order chi connectivity index (χ0) is 17.0. The van der Waals surface area contributed by atoms with Crippen molar-refractivity contribution in [3.05, 3.63) is 35.9 Å². The summed E-state index contributed by atoms with van der Waals surface area (Å²) in [6, 6.07) is 10.3. The van der Waals surface area contributed by atoms with Gasteiger partial charge >= 0.3 is 0 Å². The standard InChI is InChI=1S/C17H26N2O3S/c1-4-19(17(20)14(2)23(3,21)22)16-10-11-18(13-16)12-15-8-6-5-7-9-15/h5-9,14,16H,4,10-13H2,1-3H3. The Bertz CT molecular complexity index is 630. The van der Waals surface area contributed by atoms with Gasteiger partial charge in [0.25, 0.3) is 0 Å². The molecular weight excluding hydrogens is 312 g/mol. The van der Waals surface area contributed by atoms with E-state index in [2.05, 4.69) is 17.0 Å². The van der Waals surface area contributed by atoms with E-state index in [-0.39, 0.29) is 11.9 Å². The Morgan fingerprint density at radius 2 is 2.00 bits per heavy atom. The van der Waals surface area contributed by atoms with Gasteiger partial charge in [0.15, 0.2) is 9.84 Å². The molecule has 0 bridgehead atoms. The van der Waals surface area contributed by atoms with E-state index in [4.69, 9.17) is 0 Å². The molecule has 0 radical (unpaired) electrons. The lowest BCUT2D eigenvalue weighted by atomic mass is 10.2. The quantitative estimate of drug-likeness (QED) is 0.789. The monoisotopic (exact) mass is 338 g/mol. The lowest BCUT2D eigenvalue weighted by Gasteiger charge is -2.30. The first kappa shape index (κ1) is 17.9. The number of nitrogens with zero attached hydrogens (tertiary/aromatic N) is 2. The predicted molar refractivity (Wildman–Crippen MR) is 91.8 cm³/mol. The Morgan fingerprint density at radius 1 is 1.35 bits per heavy atom. The molecule has 0 N–H and O–H groups in total. The van der Waals surface area contributed by atoms with E-state index in [1.807, 2.05) is 25.1 Å². The Kier molecular flexibility index (Phi) is 5.81. The first-order valence-corrected chi connectivity index (χ1v) is 10.0. The molecule has 1 amide bonds. The van der Waals surface area contributed by atoms with Crippen LogP contribution in [-0.4, -0.2) is 61.3 Å². The van der Waals surface area contributed by atoms with Crippen molar-refractivity contribution in [2.24, 2.45) is 0 Å². The van der Waals surface area contributed by atoms with Crippen LogP contribution in [0.25, 0.3) is 0 Å². The maximum Gasteiger partial charge on any atom is 0.240 e. The van der Waals surface area contributed by atoms with Crippen LogP contribution in [0.5, 0.6) is 0 Å². The van der Waals surface area contributed by atoms with Crippen LogP contribution in [0.4, 0.5) is 0 Å². The Morgan fingerprint density at radius 3 is 2.57 bits per heavy atom. The summed E-state index contributed by atoms with van der Waals surface area (Å²) in [5.74, 6) is -0.276. The van der Waals surface area contributed by atoms with Gasteiger partial charge < -0.3 is 4.90 Å². The van der Waals surface area contributed by atoms with Crippen molar-refractivity contribution in [3.63, 3.8) is 0 Å². The maximum atomic E-state index is 12.5.